The molecule has 222 valence electrons. The number of ether oxygens (including phenoxy) is 2. The normalized spacial score (nSPS) is 50.4. The summed E-state index contributed by atoms with van der Waals surface area (Å²) in [5.41, 5.74) is 0.506. The van der Waals surface area contributed by atoms with Crippen molar-refractivity contribution in [3.63, 3.8) is 0 Å². The zero-order chi connectivity index (χ0) is 28.3. The van der Waals surface area contributed by atoms with Gasteiger partial charge in [0, 0.05) is 6.42 Å². The molecule has 0 aromatic carbocycles. The Morgan fingerprint density at radius 2 is 1.59 bits per heavy atom. The van der Waals surface area contributed by atoms with Crippen LogP contribution in [0, 0.1) is 46.3 Å². The second kappa shape index (κ2) is 10.9. The van der Waals surface area contributed by atoms with Crippen molar-refractivity contribution >= 4 is 11.9 Å². The predicted octanol–water partition coefficient (Wildman–Crippen LogP) is 3.42. The zero-order valence-corrected chi connectivity index (χ0v) is 23.6. The maximum atomic E-state index is 11.5. The first-order chi connectivity index (χ1) is 18.4. The van der Waals surface area contributed by atoms with Gasteiger partial charge in [-0.05, 0) is 111 Å². The van der Waals surface area contributed by atoms with Gasteiger partial charge in [0.2, 0.25) is 0 Å². The lowest BCUT2D eigenvalue weighted by Gasteiger charge is -2.61. The van der Waals surface area contributed by atoms with Crippen molar-refractivity contribution in [2.75, 3.05) is 0 Å². The van der Waals surface area contributed by atoms with Crippen LogP contribution in [0.3, 0.4) is 0 Å². The summed E-state index contributed by atoms with van der Waals surface area (Å²) in [5.74, 6) is 1.48. The van der Waals surface area contributed by atoms with Gasteiger partial charge in [-0.25, -0.2) is 4.79 Å². The minimum atomic E-state index is -1.71. The summed E-state index contributed by atoms with van der Waals surface area (Å²) in [5, 5.41) is 49.1. The molecule has 0 spiro atoms. The minimum Gasteiger partial charge on any atom is -0.481 e. The van der Waals surface area contributed by atoms with Gasteiger partial charge < -0.3 is 35.0 Å². The van der Waals surface area contributed by atoms with E-state index >= 15 is 0 Å². The second-order valence-electron chi connectivity index (χ2n) is 14.1. The van der Waals surface area contributed by atoms with Crippen molar-refractivity contribution in [3.05, 3.63) is 0 Å². The molecule has 14 atom stereocenters. The molecule has 4 saturated carbocycles. The van der Waals surface area contributed by atoms with Crippen LogP contribution in [0.5, 0.6) is 0 Å². The zero-order valence-electron chi connectivity index (χ0n) is 23.6. The number of hydrogen-bond acceptors (Lipinski definition) is 7. The van der Waals surface area contributed by atoms with Gasteiger partial charge in [-0.1, -0.05) is 20.8 Å². The highest BCUT2D eigenvalue weighted by molar-refractivity contribution is 5.73. The molecule has 5 fully saturated rings. The Bertz CT molecular complexity index is 926. The Balaban J connectivity index is 1.23. The number of hydrogen-bond donors (Lipinski definition) is 5. The molecule has 0 bridgehead atoms. The number of aliphatic carboxylic acids is 2. The molecule has 5 aliphatic rings. The van der Waals surface area contributed by atoms with Crippen LogP contribution in [0.25, 0.3) is 0 Å². The molecule has 39 heavy (non-hydrogen) atoms. The van der Waals surface area contributed by atoms with E-state index in [-0.39, 0.29) is 17.9 Å². The van der Waals surface area contributed by atoms with E-state index in [0.717, 1.165) is 32.1 Å². The Hall–Kier alpha value is -1.26. The van der Waals surface area contributed by atoms with Gasteiger partial charge in [0.1, 0.15) is 18.3 Å². The van der Waals surface area contributed by atoms with E-state index in [1.165, 1.54) is 32.1 Å². The van der Waals surface area contributed by atoms with Crippen LogP contribution in [-0.4, -0.2) is 74.3 Å². The van der Waals surface area contributed by atoms with Crippen LogP contribution in [0.15, 0.2) is 0 Å². The minimum absolute atomic E-state index is 0.198. The van der Waals surface area contributed by atoms with E-state index in [4.69, 9.17) is 9.47 Å². The van der Waals surface area contributed by atoms with Crippen LogP contribution in [0.4, 0.5) is 0 Å². The lowest BCUT2D eigenvalue weighted by atomic mass is 9.44. The number of fused-ring (bicyclic) bond motifs is 5. The number of carboxylic acid groups (broad SMARTS) is 2. The van der Waals surface area contributed by atoms with Crippen LogP contribution in [-0.2, 0) is 19.1 Å². The molecule has 1 heterocycles. The predicted molar refractivity (Wildman–Crippen MR) is 140 cm³/mol. The highest BCUT2D eigenvalue weighted by Crippen LogP contribution is 2.68. The summed E-state index contributed by atoms with van der Waals surface area (Å²) < 4.78 is 11.5. The summed E-state index contributed by atoms with van der Waals surface area (Å²) in [7, 11) is 0. The Morgan fingerprint density at radius 1 is 0.897 bits per heavy atom. The Kier molecular flexibility index (Phi) is 8.14. The molecular weight excluding hydrogens is 504 g/mol. The third-order valence-corrected chi connectivity index (χ3v) is 12.3. The first-order valence-corrected chi connectivity index (χ1v) is 15.2. The van der Waals surface area contributed by atoms with Crippen LogP contribution in [0.2, 0.25) is 0 Å². The van der Waals surface area contributed by atoms with E-state index in [0.29, 0.717) is 40.9 Å². The van der Waals surface area contributed by atoms with E-state index in [1.807, 2.05) is 0 Å². The molecule has 9 nitrogen and oxygen atoms in total. The molecule has 1 saturated heterocycles. The molecular formula is C30H48O9. The average Bonchev–Trinajstić information content (AvgIpc) is 3.24. The van der Waals surface area contributed by atoms with Crippen LogP contribution >= 0.6 is 0 Å². The van der Waals surface area contributed by atoms with E-state index in [2.05, 4.69) is 20.8 Å². The van der Waals surface area contributed by atoms with E-state index < -0.39 is 42.6 Å². The maximum Gasteiger partial charge on any atom is 0.335 e. The first kappa shape index (κ1) is 29.2. The maximum absolute atomic E-state index is 11.5. The summed E-state index contributed by atoms with van der Waals surface area (Å²) >= 11 is 0. The smallest absolute Gasteiger partial charge is 0.335 e. The summed E-state index contributed by atoms with van der Waals surface area (Å²) in [6.07, 6.45) is 2.84. The van der Waals surface area contributed by atoms with E-state index in [1.54, 1.807) is 0 Å². The molecule has 0 aromatic rings. The summed E-state index contributed by atoms with van der Waals surface area (Å²) in [6, 6.07) is 0. The van der Waals surface area contributed by atoms with Crippen molar-refractivity contribution in [2.24, 2.45) is 46.3 Å². The van der Waals surface area contributed by atoms with Gasteiger partial charge in [0.05, 0.1) is 6.10 Å². The quantitative estimate of drug-likeness (QED) is 0.299. The SMILES string of the molecule is C[C@H](CCC(=O)O)[C@H]1CC[C@H]2[C@@H]3CCC4C[C@H](O[C@@H]5O[C@H](C(=O)O)[C@@H](O)[C@H](O)[C@H]5O)CC[C@]4(C)[C@H]3CC[C@]12C. The average molecular weight is 553 g/mol. The molecule has 9 heteroatoms. The van der Waals surface area contributed by atoms with Crippen molar-refractivity contribution in [1.29, 1.82) is 0 Å². The fourth-order valence-corrected chi connectivity index (χ4v) is 10.2. The highest BCUT2D eigenvalue weighted by Gasteiger charge is 2.61. The van der Waals surface area contributed by atoms with Crippen LogP contribution in [0.1, 0.15) is 91.4 Å². The number of aliphatic hydroxyl groups is 3. The third kappa shape index (κ3) is 5.05. The number of carbonyl (C=O) groups is 2. The second-order valence-corrected chi connectivity index (χ2v) is 14.1. The molecule has 1 unspecified atom stereocenters. The largest absolute Gasteiger partial charge is 0.481 e. The topological polar surface area (TPSA) is 154 Å². The number of carboxylic acids is 2. The van der Waals surface area contributed by atoms with Crippen molar-refractivity contribution in [1.82, 2.24) is 0 Å². The van der Waals surface area contributed by atoms with Gasteiger partial charge in [-0.15, -0.1) is 0 Å². The van der Waals surface area contributed by atoms with E-state index in [9.17, 15) is 35.1 Å². The number of rotatable bonds is 7. The monoisotopic (exact) mass is 552 g/mol. The Morgan fingerprint density at radius 3 is 2.28 bits per heavy atom. The number of aliphatic hydroxyl groups excluding tert-OH is 3. The summed E-state index contributed by atoms with van der Waals surface area (Å²) in [4.78, 5) is 22.7. The molecule has 4 aliphatic carbocycles. The van der Waals surface area contributed by atoms with Crippen LogP contribution < -0.4 is 0 Å². The fourth-order valence-electron chi connectivity index (χ4n) is 10.2. The molecule has 0 radical (unpaired) electrons. The van der Waals surface area contributed by atoms with Crippen molar-refractivity contribution < 1.29 is 44.6 Å². The lowest BCUT2D eigenvalue weighted by molar-refractivity contribution is -0.309. The molecule has 0 aromatic heterocycles. The van der Waals surface area contributed by atoms with Gasteiger partial charge in [-0.3, -0.25) is 4.79 Å². The standard InChI is InChI=1S/C30H48O9/c1-15(4-9-22(31)32)19-7-8-20-18-6-5-16-14-17(10-12-29(16,2)21(18)11-13-30(19,20)3)38-28-25(35)23(33)24(34)26(39-28)27(36)37/h15-21,23-26,28,33-35H,4-14H2,1-3H3,(H,31,32)(H,36,37)/t15-,16?,17-,18+,19-,20+,21+,23+,24+,25-,26+,28-,29+,30-/m1/s1. The fraction of sp³-hybridized carbons (Fsp3) is 0.933. The Labute approximate surface area is 231 Å². The highest BCUT2D eigenvalue weighted by atomic mass is 16.7. The lowest BCUT2D eigenvalue weighted by Crippen LogP contribution is -2.61. The molecule has 1 aliphatic heterocycles. The molecule has 5 rings (SSSR count). The van der Waals surface area contributed by atoms with Crippen molar-refractivity contribution in [2.45, 2.75) is 128 Å². The summed E-state index contributed by atoms with van der Waals surface area (Å²) in [6.45, 7) is 7.22. The van der Waals surface area contributed by atoms with Gasteiger partial charge in [0.25, 0.3) is 0 Å². The molecule has 5 N–H and O–H groups in total. The third-order valence-electron chi connectivity index (χ3n) is 12.3. The van der Waals surface area contributed by atoms with Gasteiger partial charge in [-0.2, -0.15) is 0 Å². The first-order valence-electron chi connectivity index (χ1n) is 15.2. The van der Waals surface area contributed by atoms with Crippen molar-refractivity contribution in [3.8, 4) is 0 Å². The molecule has 0 amide bonds. The van der Waals surface area contributed by atoms with Gasteiger partial charge >= 0.3 is 11.9 Å². The van der Waals surface area contributed by atoms with Gasteiger partial charge in [0.15, 0.2) is 12.4 Å².